The fraction of sp³-hybridized carbons (Fsp3) is 0.357. The number of allylic oxidation sites excluding steroid dienone is 1. The molecule has 1 aliphatic carbocycles. The first kappa shape index (κ1) is 23.0. The Morgan fingerprint density at radius 3 is 2.61 bits per heavy atom. The van der Waals surface area contributed by atoms with Gasteiger partial charge in [0, 0.05) is 22.6 Å². The molecule has 0 bridgehead atoms. The van der Waals surface area contributed by atoms with E-state index < -0.39 is 6.04 Å². The van der Waals surface area contributed by atoms with Crippen molar-refractivity contribution in [2.24, 2.45) is 11.7 Å². The lowest BCUT2D eigenvalue weighted by Gasteiger charge is -2.35. The summed E-state index contributed by atoms with van der Waals surface area (Å²) >= 11 is 0. The normalized spacial score (nSPS) is 19.4. The Morgan fingerprint density at radius 1 is 1.09 bits per heavy atom. The maximum atomic E-state index is 13.0. The van der Waals surface area contributed by atoms with Crippen LogP contribution in [0.2, 0.25) is 0 Å². The van der Waals surface area contributed by atoms with Crippen molar-refractivity contribution in [3.05, 3.63) is 82.1 Å². The van der Waals surface area contributed by atoms with E-state index in [0.29, 0.717) is 29.2 Å². The zero-order valence-electron chi connectivity index (χ0n) is 19.6. The number of rotatable bonds is 7. The van der Waals surface area contributed by atoms with Crippen LogP contribution in [0.3, 0.4) is 0 Å². The summed E-state index contributed by atoms with van der Waals surface area (Å²) in [5, 5.41) is 8.95. The van der Waals surface area contributed by atoms with Crippen molar-refractivity contribution in [3.63, 3.8) is 0 Å². The number of esters is 1. The predicted molar refractivity (Wildman–Crippen MR) is 132 cm³/mol. The van der Waals surface area contributed by atoms with E-state index in [4.69, 9.17) is 20.6 Å². The molecule has 0 fully saturated rings. The van der Waals surface area contributed by atoms with Gasteiger partial charge in [0.1, 0.15) is 11.5 Å². The summed E-state index contributed by atoms with van der Waals surface area (Å²) in [6.07, 6.45) is 5.53. The van der Waals surface area contributed by atoms with Crippen molar-refractivity contribution in [3.8, 4) is 5.75 Å². The molecule has 2 unspecified atom stereocenters. The second-order valence-corrected chi connectivity index (χ2v) is 8.61. The van der Waals surface area contributed by atoms with Crippen LogP contribution in [0.15, 0.2) is 59.9 Å². The highest BCUT2D eigenvalue weighted by atomic mass is 16.5. The fourth-order valence-corrected chi connectivity index (χ4v) is 4.49. The lowest BCUT2D eigenvalue weighted by Crippen LogP contribution is -2.42. The SMILES string of the molecule is CCCCOC(=O)c1ccccc1C1=C2C(=N)C(N)C(CC)C=C2Oc2cc(CC)ccc21. The molecule has 2 atom stereocenters. The summed E-state index contributed by atoms with van der Waals surface area (Å²) in [6.45, 7) is 6.63. The van der Waals surface area contributed by atoms with Gasteiger partial charge in [0.05, 0.1) is 23.9 Å². The molecule has 2 aromatic carbocycles. The van der Waals surface area contributed by atoms with E-state index in [0.717, 1.165) is 48.1 Å². The van der Waals surface area contributed by atoms with Gasteiger partial charge in [0.2, 0.25) is 0 Å². The Morgan fingerprint density at radius 2 is 1.88 bits per heavy atom. The number of carbonyl (C=O) groups is 1. The second kappa shape index (κ2) is 9.75. The molecule has 0 aromatic heterocycles. The maximum absolute atomic E-state index is 13.0. The molecule has 4 rings (SSSR count). The topological polar surface area (TPSA) is 85.4 Å². The van der Waals surface area contributed by atoms with Crippen LogP contribution in [0.25, 0.3) is 5.57 Å². The number of benzene rings is 2. The molecule has 0 radical (unpaired) electrons. The van der Waals surface area contributed by atoms with Gasteiger partial charge in [-0.3, -0.25) is 0 Å². The van der Waals surface area contributed by atoms with Gasteiger partial charge in [-0.1, -0.05) is 57.5 Å². The number of unbranched alkanes of at least 4 members (excludes halogenated alkanes) is 1. The fourth-order valence-electron chi connectivity index (χ4n) is 4.49. The first-order chi connectivity index (χ1) is 16.0. The molecule has 0 saturated heterocycles. The van der Waals surface area contributed by atoms with E-state index in [2.05, 4.69) is 26.8 Å². The zero-order chi connectivity index (χ0) is 23.5. The standard InChI is InChI=1S/C28H32N2O3/c1-4-7-14-32-28(31)20-11-9-8-10-19(20)24-21-13-12-17(5-2)15-22(21)33-23-16-18(6-3)26(29)27(30)25(23)24/h8-13,15-16,18,26,30H,4-7,14,29H2,1-3H3. The Hall–Kier alpha value is -3.18. The number of aryl methyl sites for hydroxylation is 1. The summed E-state index contributed by atoms with van der Waals surface area (Å²) in [5.41, 5.74) is 11.5. The van der Waals surface area contributed by atoms with Crippen molar-refractivity contribution in [2.75, 3.05) is 6.61 Å². The number of ether oxygens (including phenoxy) is 2. The van der Waals surface area contributed by atoms with Gasteiger partial charge in [-0.2, -0.15) is 0 Å². The van der Waals surface area contributed by atoms with Crippen molar-refractivity contribution < 1.29 is 14.3 Å². The van der Waals surface area contributed by atoms with Gasteiger partial charge in [0.25, 0.3) is 0 Å². The van der Waals surface area contributed by atoms with Gasteiger partial charge >= 0.3 is 5.97 Å². The third kappa shape index (κ3) is 4.25. The van der Waals surface area contributed by atoms with Gasteiger partial charge in [0.15, 0.2) is 0 Å². The third-order valence-electron chi connectivity index (χ3n) is 6.49. The van der Waals surface area contributed by atoms with Crippen molar-refractivity contribution >= 4 is 17.3 Å². The highest BCUT2D eigenvalue weighted by Gasteiger charge is 2.37. The Kier molecular flexibility index (Phi) is 6.80. The minimum atomic E-state index is -0.424. The minimum Gasteiger partial charge on any atom is -0.462 e. The van der Waals surface area contributed by atoms with Crippen LogP contribution in [-0.4, -0.2) is 24.3 Å². The predicted octanol–water partition coefficient (Wildman–Crippen LogP) is 5.67. The molecule has 172 valence electrons. The molecule has 33 heavy (non-hydrogen) atoms. The largest absolute Gasteiger partial charge is 0.462 e. The monoisotopic (exact) mass is 444 g/mol. The van der Waals surface area contributed by atoms with Crippen LogP contribution >= 0.6 is 0 Å². The van der Waals surface area contributed by atoms with Gasteiger partial charge in [-0.05, 0) is 48.6 Å². The van der Waals surface area contributed by atoms with Gasteiger partial charge in [-0.15, -0.1) is 0 Å². The van der Waals surface area contributed by atoms with Crippen molar-refractivity contribution in [1.29, 1.82) is 5.41 Å². The van der Waals surface area contributed by atoms with E-state index in [-0.39, 0.29) is 11.9 Å². The van der Waals surface area contributed by atoms with E-state index in [1.54, 1.807) is 6.07 Å². The quantitative estimate of drug-likeness (QED) is 0.425. The summed E-state index contributed by atoms with van der Waals surface area (Å²) in [6, 6.07) is 13.2. The number of hydrogen-bond donors (Lipinski definition) is 2. The molecule has 0 amide bonds. The molecule has 0 spiro atoms. The second-order valence-electron chi connectivity index (χ2n) is 8.61. The van der Waals surface area contributed by atoms with Crippen LogP contribution in [-0.2, 0) is 11.2 Å². The summed E-state index contributed by atoms with van der Waals surface area (Å²) < 4.78 is 11.9. The molecule has 1 aliphatic heterocycles. The lowest BCUT2D eigenvalue weighted by molar-refractivity contribution is 0.0499. The minimum absolute atomic E-state index is 0.0302. The van der Waals surface area contributed by atoms with Crippen LogP contribution < -0.4 is 10.5 Å². The van der Waals surface area contributed by atoms with Crippen LogP contribution in [0.4, 0.5) is 0 Å². The average Bonchev–Trinajstić information content (AvgIpc) is 2.84. The highest BCUT2D eigenvalue weighted by Crippen LogP contribution is 2.45. The molecule has 0 saturated carbocycles. The number of hydrogen-bond acceptors (Lipinski definition) is 5. The van der Waals surface area contributed by atoms with Gasteiger partial charge < -0.3 is 20.6 Å². The summed E-state index contributed by atoms with van der Waals surface area (Å²) in [7, 11) is 0. The molecular formula is C28H32N2O3. The number of nitrogens with two attached hydrogens (primary N) is 1. The van der Waals surface area contributed by atoms with Crippen LogP contribution in [0.5, 0.6) is 5.75 Å². The number of fused-ring (bicyclic) bond motifs is 2. The zero-order valence-corrected chi connectivity index (χ0v) is 19.6. The molecule has 5 heteroatoms. The van der Waals surface area contributed by atoms with Crippen molar-refractivity contribution in [2.45, 2.75) is 52.5 Å². The highest BCUT2D eigenvalue weighted by molar-refractivity contribution is 6.16. The van der Waals surface area contributed by atoms with E-state index in [1.807, 2.05) is 36.4 Å². The maximum Gasteiger partial charge on any atom is 0.338 e. The Bertz CT molecular complexity index is 1150. The Balaban J connectivity index is 1.95. The molecule has 5 nitrogen and oxygen atoms in total. The smallest absolute Gasteiger partial charge is 0.338 e. The Labute approximate surface area is 195 Å². The van der Waals surface area contributed by atoms with Crippen molar-refractivity contribution in [1.82, 2.24) is 0 Å². The van der Waals surface area contributed by atoms with E-state index in [1.165, 1.54) is 5.56 Å². The van der Waals surface area contributed by atoms with E-state index >= 15 is 0 Å². The average molecular weight is 445 g/mol. The van der Waals surface area contributed by atoms with E-state index in [9.17, 15) is 4.79 Å². The molecule has 1 heterocycles. The number of nitrogens with one attached hydrogen (secondary N) is 1. The van der Waals surface area contributed by atoms with Gasteiger partial charge in [-0.25, -0.2) is 4.79 Å². The first-order valence-electron chi connectivity index (χ1n) is 11.9. The summed E-state index contributed by atoms with van der Waals surface area (Å²) in [5.74, 6) is 1.07. The van der Waals surface area contributed by atoms with Crippen LogP contribution in [0.1, 0.15) is 67.1 Å². The lowest BCUT2D eigenvalue weighted by atomic mass is 9.77. The molecule has 2 aromatic rings. The van der Waals surface area contributed by atoms with Crippen LogP contribution in [0, 0.1) is 11.3 Å². The molecule has 3 N–H and O–H groups in total. The first-order valence-corrected chi connectivity index (χ1v) is 11.9. The molecule has 2 aliphatic rings. The number of carbonyl (C=O) groups excluding carboxylic acids is 1. The summed E-state index contributed by atoms with van der Waals surface area (Å²) in [4.78, 5) is 13.0. The third-order valence-corrected chi connectivity index (χ3v) is 6.49. The molecular weight excluding hydrogens is 412 g/mol.